The van der Waals surface area contributed by atoms with Crippen molar-refractivity contribution in [2.75, 3.05) is 25.6 Å². The van der Waals surface area contributed by atoms with Crippen LogP contribution in [0.1, 0.15) is 21.7 Å². The first-order valence-corrected chi connectivity index (χ1v) is 6.56. The summed E-state index contributed by atoms with van der Waals surface area (Å²) in [5.41, 5.74) is 2.36. The number of amides is 1. The standard InChI is InChI=1S/C13H17ClN2O2/c1-9-3-4-12(10(2)15-9)13(17)16-5-6-18-11(7-14)8-16/h3-4,11H,5-8H2,1-2H3. The number of pyridine rings is 1. The zero-order valence-electron chi connectivity index (χ0n) is 10.6. The predicted octanol–water partition coefficient (Wildman–Crippen LogP) is 1.78. The minimum Gasteiger partial charge on any atom is -0.373 e. The Morgan fingerprint density at radius 2 is 2.33 bits per heavy atom. The maximum atomic E-state index is 12.4. The molecule has 0 radical (unpaired) electrons. The number of ether oxygens (including phenoxy) is 1. The van der Waals surface area contributed by atoms with Gasteiger partial charge in [-0.3, -0.25) is 9.78 Å². The van der Waals surface area contributed by atoms with Crippen LogP contribution in [0.4, 0.5) is 0 Å². The van der Waals surface area contributed by atoms with Crippen molar-refractivity contribution >= 4 is 17.5 Å². The average molecular weight is 269 g/mol. The zero-order chi connectivity index (χ0) is 13.1. The Labute approximate surface area is 112 Å². The average Bonchev–Trinajstić information content (AvgIpc) is 2.38. The molecule has 1 aromatic rings. The van der Waals surface area contributed by atoms with Gasteiger partial charge in [-0.2, -0.15) is 0 Å². The number of hydrogen-bond acceptors (Lipinski definition) is 3. The Balaban J connectivity index is 2.15. The van der Waals surface area contributed by atoms with Crippen LogP contribution in [0.3, 0.4) is 0 Å². The van der Waals surface area contributed by atoms with Gasteiger partial charge in [0.2, 0.25) is 0 Å². The van der Waals surface area contributed by atoms with E-state index in [1.165, 1.54) is 0 Å². The van der Waals surface area contributed by atoms with Crippen LogP contribution in [0, 0.1) is 13.8 Å². The monoisotopic (exact) mass is 268 g/mol. The number of aromatic nitrogens is 1. The van der Waals surface area contributed by atoms with E-state index >= 15 is 0 Å². The van der Waals surface area contributed by atoms with E-state index in [9.17, 15) is 4.79 Å². The normalized spacial score (nSPS) is 19.9. The molecule has 18 heavy (non-hydrogen) atoms. The van der Waals surface area contributed by atoms with Gasteiger partial charge in [-0.25, -0.2) is 0 Å². The van der Waals surface area contributed by atoms with Crippen LogP contribution in [0.5, 0.6) is 0 Å². The fourth-order valence-electron chi connectivity index (χ4n) is 2.08. The van der Waals surface area contributed by atoms with Gasteiger partial charge >= 0.3 is 0 Å². The number of nitrogens with zero attached hydrogens (tertiary/aromatic N) is 2. The summed E-state index contributed by atoms with van der Waals surface area (Å²) in [7, 11) is 0. The number of carbonyl (C=O) groups is 1. The highest BCUT2D eigenvalue weighted by molar-refractivity contribution is 6.18. The second-order valence-electron chi connectivity index (χ2n) is 4.48. The molecule has 2 rings (SSSR count). The van der Waals surface area contributed by atoms with Crippen LogP contribution >= 0.6 is 11.6 Å². The van der Waals surface area contributed by atoms with Crippen LogP contribution in [-0.4, -0.2) is 47.5 Å². The Hall–Kier alpha value is -1.13. The Bertz CT molecular complexity index is 451. The van der Waals surface area contributed by atoms with E-state index in [2.05, 4.69) is 4.98 Å². The van der Waals surface area contributed by atoms with Crippen LogP contribution in [-0.2, 0) is 4.74 Å². The van der Waals surface area contributed by atoms with Gasteiger partial charge in [0.05, 0.1) is 29.8 Å². The molecule has 0 aromatic carbocycles. The Morgan fingerprint density at radius 1 is 1.56 bits per heavy atom. The Kier molecular flexibility index (Phi) is 4.19. The summed E-state index contributed by atoms with van der Waals surface area (Å²) in [4.78, 5) is 18.5. The molecular formula is C13H17ClN2O2. The van der Waals surface area contributed by atoms with E-state index in [4.69, 9.17) is 16.3 Å². The molecule has 1 amide bonds. The van der Waals surface area contributed by atoms with Crippen LogP contribution in [0.2, 0.25) is 0 Å². The molecule has 1 aliphatic rings. The lowest BCUT2D eigenvalue weighted by Crippen LogP contribution is -2.46. The molecule has 0 spiro atoms. The highest BCUT2D eigenvalue weighted by Gasteiger charge is 2.25. The van der Waals surface area contributed by atoms with Gasteiger partial charge in [-0.15, -0.1) is 11.6 Å². The fourth-order valence-corrected chi connectivity index (χ4v) is 2.27. The second kappa shape index (κ2) is 5.67. The molecule has 5 heteroatoms. The summed E-state index contributed by atoms with van der Waals surface area (Å²) < 4.78 is 5.45. The summed E-state index contributed by atoms with van der Waals surface area (Å²) in [6.45, 7) is 5.48. The second-order valence-corrected chi connectivity index (χ2v) is 4.79. The molecule has 1 saturated heterocycles. The first kappa shape index (κ1) is 13.3. The molecule has 1 atom stereocenters. The van der Waals surface area contributed by atoms with Gasteiger partial charge in [0.15, 0.2) is 0 Å². The lowest BCUT2D eigenvalue weighted by Gasteiger charge is -2.32. The van der Waals surface area contributed by atoms with Crippen molar-refractivity contribution in [2.24, 2.45) is 0 Å². The Morgan fingerprint density at radius 3 is 3.00 bits per heavy atom. The summed E-state index contributed by atoms with van der Waals surface area (Å²) >= 11 is 5.77. The van der Waals surface area contributed by atoms with Crippen molar-refractivity contribution in [2.45, 2.75) is 20.0 Å². The summed E-state index contributed by atoms with van der Waals surface area (Å²) in [5, 5.41) is 0. The molecule has 0 saturated carbocycles. The molecule has 4 nitrogen and oxygen atoms in total. The van der Waals surface area contributed by atoms with E-state index < -0.39 is 0 Å². The zero-order valence-corrected chi connectivity index (χ0v) is 11.4. The smallest absolute Gasteiger partial charge is 0.255 e. The molecule has 1 aromatic heterocycles. The lowest BCUT2D eigenvalue weighted by atomic mass is 10.1. The van der Waals surface area contributed by atoms with Gasteiger partial charge in [0.25, 0.3) is 5.91 Å². The van der Waals surface area contributed by atoms with E-state index in [1.807, 2.05) is 26.0 Å². The largest absolute Gasteiger partial charge is 0.373 e. The van der Waals surface area contributed by atoms with Crippen molar-refractivity contribution in [3.05, 3.63) is 29.1 Å². The first-order chi connectivity index (χ1) is 8.61. The van der Waals surface area contributed by atoms with E-state index in [1.54, 1.807) is 4.90 Å². The van der Waals surface area contributed by atoms with Crippen LogP contribution < -0.4 is 0 Å². The van der Waals surface area contributed by atoms with E-state index in [-0.39, 0.29) is 12.0 Å². The van der Waals surface area contributed by atoms with Gasteiger partial charge in [0, 0.05) is 18.8 Å². The highest BCUT2D eigenvalue weighted by Crippen LogP contribution is 2.14. The molecule has 0 bridgehead atoms. The minimum absolute atomic E-state index is 0.0124. The van der Waals surface area contributed by atoms with Crippen molar-refractivity contribution in [1.29, 1.82) is 0 Å². The molecule has 98 valence electrons. The van der Waals surface area contributed by atoms with Gasteiger partial charge in [-0.1, -0.05) is 0 Å². The van der Waals surface area contributed by atoms with E-state index in [0.717, 1.165) is 11.4 Å². The van der Waals surface area contributed by atoms with Crippen molar-refractivity contribution in [1.82, 2.24) is 9.88 Å². The van der Waals surface area contributed by atoms with Gasteiger partial charge in [-0.05, 0) is 26.0 Å². The topological polar surface area (TPSA) is 42.4 Å². The third-order valence-electron chi connectivity index (χ3n) is 3.05. The molecular weight excluding hydrogens is 252 g/mol. The SMILES string of the molecule is Cc1ccc(C(=O)N2CCOC(CCl)C2)c(C)n1. The number of morpholine rings is 1. The number of aryl methyl sites for hydroxylation is 2. The van der Waals surface area contributed by atoms with Crippen LogP contribution in [0.25, 0.3) is 0 Å². The van der Waals surface area contributed by atoms with Crippen molar-refractivity contribution < 1.29 is 9.53 Å². The predicted molar refractivity (Wildman–Crippen MR) is 70.1 cm³/mol. The number of hydrogen-bond donors (Lipinski definition) is 0. The molecule has 0 aliphatic carbocycles. The third-order valence-corrected chi connectivity index (χ3v) is 3.40. The number of carbonyl (C=O) groups excluding carboxylic acids is 1. The quantitative estimate of drug-likeness (QED) is 0.768. The van der Waals surface area contributed by atoms with Gasteiger partial charge < -0.3 is 9.64 Å². The lowest BCUT2D eigenvalue weighted by molar-refractivity contribution is -0.0108. The third kappa shape index (κ3) is 2.82. The van der Waals surface area contributed by atoms with Crippen molar-refractivity contribution in [3.8, 4) is 0 Å². The van der Waals surface area contributed by atoms with Gasteiger partial charge in [0.1, 0.15) is 0 Å². The van der Waals surface area contributed by atoms with E-state index in [0.29, 0.717) is 31.1 Å². The van der Waals surface area contributed by atoms with Crippen molar-refractivity contribution in [3.63, 3.8) is 0 Å². The number of rotatable bonds is 2. The molecule has 1 aliphatic heterocycles. The molecule has 2 heterocycles. The summed E-state index contributed by atoms with van der Waals surface area (Å²) in [5.74, 6) is 0.424. The number of alkyl halides is 1. The maximum Gasteiger partial charge on any atom is 0.255 e. The van der Waals surface area contributed by atoms with Crippen LogP contribution in [0.15, 0.2) is 12.1 Å². The molecule has 0 N–H and O–H groups in total. The maximum absolute atomic E-state index is 12.4. The molecule has 1 unspecified atom stereocenters. The number of halogens is 1. The highest BCUT2D eigenvalue weighted by atomic mass is 35.5. The first-order valence-electron chi connectivity index (χ1n) is 6.03. The minimum atomic E-state index is -0.0666. The summed E-state index contributed by atoms with van der Waals surface area (Å²) in [6.07, 6.45) is -0.0666. The summed E-state index contributed by atoms with van der Waals surface area (Å²) in [6, 6.07) is 3.70. The fraction of sp³-hybridized carbons (Fsp3) is 0.538. The molecule has 1 fully saturated rings.